The molecular formula is C13H26N6O. The highest BCUT2D eigenvalue weighted by atomic mass is 16.5. The molecule has 20 heavy (non-hydrogen) atoms. The minimum absolute atomic E-state index is 0.158. The largest absolute Gasteiger partial charge is 0.383 e. The summed E-state index contributed by atoms with van der Waals surface area (Å²) in [6, 6.07) is 2.23. The van der Waals surface area contributed by atoms with Gasteiger partial charge in [0.1, 0.15) is 0 Å². The Bertz CT molecular complexity index is 428. The maximum Gasteiger partial charge on any atom is 0.206 e. The van der Waals surface area contributed by atoms with Crippen molar-refractivity contribution in [2.45, 2.75) is 39.8 Å². The molecule has 4 N–H and O–H groups in total. The van der Waals surface area contributed by atoms with E-state index in [-0.39, 0.29) is 6.04 Å². The first-order chi connectivity index (χ1) is 9.56. The summed E-state index contributed by atoms with van der Waals surface area (Å²) < 4.78 is 7.05. The lowest BCUT2D eigenvalue weighted by atomic mass is 10.3. The number of hydrogen-bond acceptors (Lipinski definition) is 4. The number of aromatic nitrogens is 2. The molecule has 0 saturated carbocycles. The Labute approximate surface area is 120 Å². The van der Waals surface area contributed by atoms with E-state index in [1.54, 1.807) is 7.11 Å². The quantitative estimate of drug-likeness (QED) is 0.220. The van der Waals surface area contributed by atoms with Crippen molar-refractivity contribution < 1.29 is 4.74 Å². The van der Waals surface area contributed by atoms with Gasteiger partial charge in [0.25, 0.3) is 0 Å². The lowest BCUT2D eigenvalue weighted by molar-refractivity contribution is 0.179. The topological polar surface area (TPSA) is 89.5 Å². The molecule has 0 aromatic carbocycles. The Morgan fingerprint density at radius 3 is 2.85 bits per heavy atom. The lowest BCUT2D eigenvalue weighted by Crippen LogP contribution is -2.46. The van der Waals surface area contributed by atoms with Crippen molar-refractivity contribution in [3.63, 3.8) is 0 Å². The second-order valence-corrected chi connectivity index (χ2v) is 4.88. The predicted octanol–water partition coefficient (Wildman–Crippen LogP) is 0.334. The van der Waals surface area contributed by atoms with E-state index in [2.05, 4.69) is 33.8 Å². The highest BCUT2D eigenvalue weighted by Crippen LogP contribution is 2.02. The Kier molecular flexibility index (Phi) is 7.03. The lowest BCUT2D eigenvalue weighted by Gasteiger charge is -2.15. The fraction of sp³-hybridized carbons (Fsp3) is 0.692. The average Bonchev–Trinajstić information content (AvgIpc) is 2.72. The summed E-state index contributed by atoms with van der Waals surface area (Å²) in [6.07, 6.45) is 0.910. The highest BCUT2D eigenvalue weighted by Gasteiger charge is 2.04. The first-order valence-corrected chi connectivity index (χ1v) is 6.84. The third-order valence-corrected chi connectivity index (χ3v) is 2.84. The average molecular weight is 282 g/mol. The first kappa shape index (κ1) is 16.5. The minimum Gasteiger partial charge on any atom is -0.383 e. The second-order valence-electron chi connectivity index (χ2n) is 4.88. The number of nitrogens with two attached hydrogens (primary N) is 1. The molecule has 0 fully saturated rings. The molecule has 0 aliphatic carbocycles. The minimum atomic E-state index is 0.158. The SMILES string of the molecule is COCC(C)NC(=NCCCn1nc(C)cc1C)NN. The Hall–Kier alpha value is -1.60. The fourth-order valence-electron chi connectivity index (χ4n) is 1.97. The van der Waals surface area contributed by atoms with Gasteiger partial charge in [-0.15, -0.1) is 0 Å². The molecule has 0 saturated heterocycles. The number of aryl methyl sites for hydroxylation is 3. The fourth-order valence-corrected chi connectivity index (χ4v) is 1.97. The van der Waals surface area contributed by atoms with Crippen molar-refractivity contribution in [2.75, 3.05) is 20.3 Å². The van der Waals surface area contributed by atoms with Gasteiger partial charge in [0.2, 0.25) is 5.96 Å². The summed E-state index contributed by atoms with van der Waals surface area (Å²) in [5, 5.41) is 7.56. The number of guanidine groups is 1. The number of ether oxygens (including phenoxy) is 1. The zero-order chi connectivity index (χ0) is 15.0. The first-order valence-electron chi connectivity index (χ1n) is 6.84. The standard InChI is InChI=1S/C13H26N6O/c1-10-8-12(3)19(18-10)7-5-6-15-13(17-14)16-11(2)9-20-4/h8,11H,5-7,9,14H2,1-4H3,(H2,15,16,17). The number of rotatable bonds is 7. The molecule has 0 bridgehead atoms. The van der Waals surface area contributed by atoms with Crippen molar-refractivity contribution in [3.8, 4) is 0 Å². The van der Waals surface area contributed by atoms with E-state index in [9.17, 15) is 0 Å². The van der Waals surface area contributed by atoms with Gasteiger partial charge in [0.15, 0.2) is 0 Å². The number of nitrogens with one attached hydrogen (secondary N) is 2. The van der Waals surface area contributed by atoms with Gasteiger partial charge in [0.05, 0.1) is 12.3 Å². The smallest absolute Gasteiger partial charge is 0.206 e. The van der Waals surface area contributed by atoms with Crippen LogP contribution >= 0.6 is 0 Å². The third kappa shape index (κ3) is 5.58. The molecule has 114 valence electrons. The van der Waals surface area contributed by atoms with Crippen LogP contribution < -0.4 is 16.6 Å². The molecule has 1 aromatic rings. The maximum absolute atomic E-state index is 5.44. The molecule has 1 aromatic heterocycles. The summed E-state index contributed by atoms with van der Waals surface area (Å²) in [7, 11) is 1.67. The maximum atomic E-state index is 5.44. The van der Waals surface area contributed by atoms with Crippen LogP contribution in [0.25, 0.3) is 0 Å². The summed E-state index contributed by atoms with van der Waals surface area (Å²) in [6.45, 7) is 8.21. The molecule has 0 aliphatic rings. The van der Waals surface area contributed by atoms with Crippen molar-refractivity contribution in [1.82, 2.24) is 20.5 Å². The van der Waals surface area contributed by atoms with Crippen molar-refractivity contribution in [3.05, 3.63) is 17.5 Å². The molecule has 1 rings (SSSR count). The number of methoxy groups -OCH3 is 1. The van der Waals surface area contributed by atoms with Crippen molar-refractivity contribution in [1.29, 1.82) is 0 Å². The molecule has 0 amide bonds. The van der Waals surface area contributed by atoms with Crippen LogP contribution in [0.5, 0.6) is 0 Å². The van der Waals surface area contributed by atoms with E-state index < -0.39 is 0 Å². The highest BCUT2D eigenvalue weighted by molar-refractivity contribution is 5.79. The van der Waals surface area contributed by atoms with Gasteiger partial charge in [-0.3, -0.25) is 15.1 Å². The molecule has 1 atom stereocenters. The number of aliphatic imine (C=N–C) groups is 1. The van der Waals surface area contributed by atoms with Crippen LogP contribution in [0.4, 0.5) is 0 Å². The zero-order valence-corrected chi connectivity index (χ0v) is 12.8. The van der Waals surface area contributed by atoms with E-state index in [1.165, 1.54) is 5.69 Å². The van der Waals surface area contributed by atoms with Crippen LogP contribution in [-0.2, 0) is 11.3 Å². The van der Waals surface area contributed by atoms with Crippen LogP contribution in [0, 0.1) is 13.8 Å². The third-order valence-electron chi connectivity index (χ3n) is 2.84. The summed E-state index contributed by atoms with van der Waals surface area (Å²) in [4.78, 5) is 4.39. The molecule has 0 radical (unpaired) electrons. The number of hydrogen-bond donors (Lipinski definition) is 3. The Morgan fingerprint density at radius 1 is 1.55 bits per heavy atom. The van der Waals surface area contributed by atoms with E-state index >= 15 is 0 Å². The van der Waals surface area contributed by atoms with Gasteiger partial charge >= 0.3 is 0 Å². The van der Waals surface area contributed by atoms with Crippen LogP contribution in [0.1, 0.15) is 24.7 Å². The van der Waals surface area contributed by atoms with E-state index in [4.69, 9.17) is 10.6 Å². The van der Waals surface area contributed by atoms with Crippen LogP contribution in [0.2, 0.25) is 0 Å². The van der Waals surface area contributed by atoms with Gasteiger partial charge < -0.3 is 10.1 Å². The predicted molar refractivity (Wildman–Crippen MR) is 80.4 cm³/mol. The summed E-state index contributed by atoms with van der Waals surface area (Å²) in [5.74, 6) is 6.02. The van der Waals surface area contributed by atoms with E-state index in [0.717, 1.165) is 18.7 Å². The molecule has 1 unspecified atom stereocenters. The van der Waals surface area contributed by atoms with Crippen molar-refractivity contribution in [2.24, 2.45) is 10.8 Å². The molecule has 7 nitrogen and oxygen atoms in total. The van der Waals surface area contributed by atoms with Gasteiger partial charge in [-0.2, -0.15) is 5.10 Å². The van der Waals surface area contributed by atoms with Gasteiger partial charge in [-0.1, -0.05) is 0 Å². The molecule has 0 aliphatic heterocycles. The van der Waals surface area contributed by atoms with E-state index in [1.807, 2.05) is 18.5 Å². The van der Waals surface area contributed by atoms with Gasteiger partial charge in [-0.25, -0.2) is 5.84 Å². The Balaban J connectivity index is 2.36. The van der Waals surface area contributed by atoms with Crippen molar-refractivity contribution >= 4 is 5.96 Å². The van der Waals surface area contributed by atoms with Crippen LogP contribution in [0.15, 0.2) is 11.1 Å². The zero-order valence-electron chi connectivity index (χ0n) is 12.8. The monoisotopic (exact) mass is 282 g/mol. The summed E-state index contributed by atoms with van der Waals surface area (Å²) >= 11 is 0. The van der Waals surface area contributed by atoms with Gasteiger partial charge in [0, 0.05) is 31.9 Å². The van der Waals surface area contributed by atoms with Crippen LogP contribution in [0.3, 0.4) is 0 Å². The molecule has 1 heterocycles. The van der Waals surface area contributed by atoms with E-state index in [0.29, 0.717) is 19.1 Å². The molecule has 7 heteroatoms. The van der Waals surface area contributed by atoms with Crippen LogP contribution in [-0.4, -0.2) is 42.0 Å². The van der Waals surface area contributed by atoms with Gasteiger partial charge in [-0.05, 0) is 33.3 Å². The molecular weight excluding hydrogens is 256 g/mol. The number of nitrogens with zero attached hydrogens (tertiary/aromatic N) is 3. The number of hydrazine groups is 1. The Morgan fingerprint density at radius 2 is 2.30 bits per heavy atom. The second kappa shape index (κ2) is 8.55. The molecule has 0 spiro atoms. The summed E-state index contributed by atoms with van der Waals surface area (Å²) in [5.41, 5.74) is 4.79. The normalized spacial score (nSPS) is 13.3.